The van der Waals surface area contributed by atoms with Crippen molar-refractivity contribution in [2.75, 3.05) is 11.5 Å². The molecule has 6 heteroatoms. The first-order chi connectivity index (χ1) is 8.86. The average Bonchev–Trinajstić information content (AvgIpc) is 2.33. The molecule has 0 saturated carbocycles. The Bertz CT molecular complexity index is 579. The van der Waals surface area contributed by atoms with Gasteiger partial charge in [0.25, 0.3) is 0 Å². The molecule has 0 bridgehead atoms. The van der Waals surface area contributed by atoms with Crippen LogP contribution in [0.3, 0.4) is 0 Å². The molecule has 3 nitrogen and oxygen atoms in total. The molecule has 0 atom stereocenters. The third kappa shape index (κ3) is 3.09. The van der Waals surface area contributed by atoms with E-state index in [1.165, 1.54) is 18.2 Å². The highest BCUT2D eigenvalue weighted by atomic mass is 19.4. The van der Waals surface area contributed by atoms with E-state index in [2.05, 4.69) is 0 Å². The van der Waals surface area contributed by atoms with Crippen LogP contribution in [0.4, 0.5) is 24.5 Å². The van der Waals surface area contributed by atoms with Gasteiger partial charge < -0.3 is 16.2 Å². The monoisotopic (exact) mass is 268 g/mol. The van der Waals surface area contributed by atoms with Crippen LogP contribution in [-0.2, 0) is 6.18 Å². The number of benzene rings is 2. The smallest absolute Gasteiger partial charge is 0.416 e. The number of hydrogen-bond donors (Lipinski definition) is 2. The second-order valence-electron chi connectivity index (χ2n) is 3.91. The van der Waals surface area contributed by atoms with Crippen LogP contribution in [0.25, 0.3) is 0 Å². The Kier molecular flexibility index (Phi) is 3.25. The Hall–Kier alpha value is -2.37. The van der Waals surface area contributed by atoms with E-state index in [4.69, 9.17) is 16.2 Å². The van der Waals surface area contributed by atoms with Gasteiger partial charge in [-0.3, -0.25) is 0 Å². The maximum Gasteiger partial charge on any atom is 0.416 e. The fraction of sp³-hybridized carbons (Fsp3) is 0.0769. The Morgan fingerprint density at radius 2 is 1.37 bits per heavy atom. The highest BCUT2D eigenvalue weighted by Gasteiger charge is 2.30. The molecule has 0 unspecified atom stereocenters. The first-order valence-corrected chi connectivity index (χ1v) is 5.36. The topological polar surface area (TPSA) is 61.3 Å². The molecule has 0 aliphatic rings. The number of nitrogen functional groups attached to an aromatic ring is 2. The van der Waals surface area contributed by atoms with E-state index in [0.29, 0.717) is 17.1 Å². The van der Waals surface area contributed by atoms with Gasteiger partial charge in [-0.2, -0.15) is 13.2 Å². The van der Waals surface area contributed by atoms with Crippen molar-refractivity contribution < 1.29 is 17.9 Å². The van der Waals surface area contributed by atoms with Crippen molar-refractivity contribution in [2.24, 2.45) is 0 Å². The first-order valence-electron chi connectivity index (χ1n) is 5.36. The Morgan fingerprint density at radius 1 is 0.789 bits per heavy atom. The molecule has 0 heterocycles. The summed E-state index contributed by atoms with van der Waals surface area (Å²) in [6.07, 6.45) is -4.36. The lowest BCUT2D eigenvalue weighted by atomic mass is 10.2. The fourth-order valence-corrected chi connectivity index (χ4v) is 1.46. The molecule has 0 aliphatic carbocycles. The number of hydrogen-bond acceptors (Lipinski definition) is 3. The lowest BCUT2D eigenvalue weighted by Gasteiger charge is -2.09. The summed E-state index contributed by atoms with van der Waals surface area (Å²) in [6, 6.07) is 9.06. The van der Waals surface area contributed by atoms with Crippen LogP contribution in [0.2, 0.25) is 0 Å². The van der Waals surface area contributed by atoms with Crippen molar-refractivity contribution >= 4 is 11.4 Å². The van der Waals surface area contributed by atoms with Gasteiger partial charge in [0.15, 0.2) is 0 Å². The van der Waals surface area contributed by atoms with E-state index in [1.54, 1.807) is 12.1 Å². The van der Waals surface area contributed by atoms with E-state index in [1.807, 2.05) is 0 Å². The van der Waals surface area contributed by atoms with Gasteiger partial charge in [-0.15, -0.1) is 0 Å². The summed E-state index contributed by atoms with van der Waals surface area (Å²) in [4.78, 5) is 0. The van der Waals surface area contributed by atoms with Gasteiger partial charge in [0.05, 0.1) is 16.9 Å². The van der Waals surface area contributed by atoms with E-state index in [0.717, 1.165) is 12.1 Å². The summed E-state index contributed by atoms with van der Waals surface area (Å²) in [5.74, 6) is 0.698. The lowest BCUT2D eigenvalue weighted by molar-refractivity contribution is -0.137. The molecule has 0 amide bonds. The van der Waals surface area contributed by atoms with Crippen LogP contribution in [0.1, 0.15) is 5.56 Å². The van der Waals surface area contributed by atoms with Crippen molar-refractivity contribution in [1.82, 2.24) is 0 Å². The Labute approximate surface area is 107 Å². The van der Waals surface area contributed by atoms with Gasteiger partial charge in [0, 0.05) is 6.07 Å². The van der Waals surface area contributed by atoms with Crippen molar-refractivity contribution in [2.45, 2.75) is 6.18 Å². The van der Waals surface area contributed by atoms with Crippen LogP contribution in [0.5, 0.6) is 11.5 Å². The minimum Gasteiger partial charge on any atom is -0.457 e. The SMILES string of the molecule is Nc1ccc(Oc2ccc(C(F)(F)F)cc2)cc1N. The van der Waals surface area contributed by atoms with Gasteiger partial charge >= 0.3 is 6.18 Å². The third-order valence-electron chi connectivity index (χ3n) is 2.48. The van der Waals surface area contributed by atoms with Crippen molar-refractivity contribution in [1.29, 1.82) is 0 Å². The molecule has 0 radical (unpaired) electrons. The molecule has 0 saturated heterocycles. The molecule has 0 spiro atoms. The summed E-state index contributed by atoms with van der Waals surface area (Å²) < 4.78 is 42.5. The summed E-state index contributed by atoms with van der Waals surface area (Å²) in [7, 11) is 0. The molecule has 0 fully saturated rings. The first kappa shape index (κ1) is 13.1. The predicted molar refractivity (Wildman–Crippen MR) is 66.8 cm³/mol. The summed E-state index contributed by atoms with van der Waals surface area (Å²) >= 11 is 0. The van der Waals surface area contributed by atoms with Crippen molar-refractivity contribution in [3.8, 4) is 11.5 Å². The molecule has 100 valence electrons. The maximum atomic E-state index is 12.4. The molecule has 0 aromatic heterocycles. The second-order valence-corrected chi connectivity index (χ2v) is 3.91. The van der Waals surface area contributed by atoms with Crippen LogP contribution < -0.4 is 16.2 Å². The zero-order valence-corrected chi connectivity index (χ0v) is 9.74. The van der Waals surface area contributed by atoms with Crippen LogP contribution in [-0.4, -0.2) is 0 Å². The molecule has 0 aliphatic heterocycles. The molecular formula is C13H11F3N2O. The fourth-order valence-electron chi connectivity index (χ4n) is 1.46. The van der Waals surface area contributed by atoms with Crippen LogP contribution in [0, 0.1) is 0 Å². The number of alkyl halides is 3. The number of rotatable bonds is 2. The summed E-state index contributed by atoms with van der Waals surface area (Å²) in [5, 5.41) is 0. The number of ether oxygens (including phenoxy) is 1. The van der Waals surface area contributed by atoms with E-state index in [9.17, 15) is 13.2 Å². The highest BCUT2D eigenvalue weighted by molar-refractivity contribution is 5.65. The zero-order chi connectivity index (χ0) is 14.0. The third-order valence-corrected chi connectivity index (χ3v) is 2.48. The Morgan fingerprint density at radius 3 is 1.89 bits per heavy atom. The quantitative estimate of drug-likeness (QED) is 0.817. The van der Waals surface area contributed by atoms with E-state index < -0.39 is 11.7 Å². The van der Waals surface area contributed by atoms with Gasteiger partial charge in [0.1, 0.15) is 11.5 Å². The summed E-state index contributed by atoms with van der Waals surface area (Å²) in [6.45, 7) is 0. The van der Waals surface area contributed by atoms with Gasteiger partial charge in [-0.1, -0.05) is 0 Å². The minimum atomic E-state index is -4.36. The number of anilines is 2. The molecule has 19 heavy (non-hydrogen) atoms. The van der Waals surface area contributed by atoms with Crippen LogP contribution in [0.15, 0.2) is 42.5 Å². The lowest BCUT2D eigenvalue weighted by Crippen LogP contribution is -2.04. The van der Waals surface area contributed by atoms with E-state index in [-0.39, 0.29) is 5.75 Å². The number of halogens is 3. The molecule has 2 aromatic rings. The summed E-state index contributed by atoms with van der Waals surface area (Å²) in [5.41, 5.74) is 11.2. The zero-order valence-electron chi connectivity index (χ0n) is 9.74. The van der Waals surface area contributed by atoms with E-state index >= 15 is 0 Å². The van der Waals surface area contributed by atoms with Crippen molar-refractivity contribution in [3.05, 3.63) is 48.0 Å². The minimum absolute atomic E-state index is 0.289. The number of nitrogens with two attached hydrogens (primary N) is 2. The van der Waals surface area contributed by atoms with Gasteiger partial charge in [0.2, 0.25) is 0 Å². The normalized spacial score (nSPS) is 11.3. The maximum absolute atomic E-state index is 12.4. The Balaban J connectivity index is 2.17. The van der Waals surface area contributed by atoms with Gasteiger partial charge in [-0.05, 0) is 36.4 Å². The van der Waals surface area contributed by atoms with Crippen molar-refractivity contribution in [3.63, 3.8) is 0 Å². The molecular weight excluding hydrogens is 257 g/mol. The largest absolute Gasteiger partial charge is 0.457 e. The second kappa shape index (κ2) is 4.72. The molecule has 4 N–H and O–H groups in total. The standard InChI is InChI=1S/C13H11F3N2O/c14-13(15,16)8-1-3-9(4-2-8)19-10-5-6-11(17)12(18)7-10/h1-7H,17-18H2. The van der Waals surface area contributed by atoms with Crippen LogP contribution >= 0.6 is 0 Å². The predicted octanol–water partition coefficient (Wildman–Crippen LogP) is 3.66. The van der Waals surface area contributed by atoms with Gasteiger partial charge in [-0.25, -0.2) is 0 Å². The average molecular weight is 268 g/mol. The molecule has 2 rings (SSSR count). The molecule has 2 aromatic carbocycles. The highest BCUT2D eigenvalue weighted by Crippen LogP contribution is 2.32.